The zero-order valence-corrected chi connectivity index (χ0v) is 13.8. The number of hydrogen-bond donors (Lipinski definition) is 0. The Kier molecular flexibility index (Phi) is 3.67. The van der Waals surface area contributed by atoms with Gasteiger partial charge in [0.2, 0.25) is 0 Å². The second kappa shape index (κ2) is 5.35. The molecule has 6 heteroatoms. The highest BCUT2D eigenvalue weighted by atomic mass is 79.9. The number of Topliss-reactive ketones (excluding diaryl/α,β-unsaturated/α-hetero) is 1. The van der Waals surface area contributed by atoms with Crippen LogP contribution in [-0.2, 0) is 4.74 Å². The topological polar surface area (TPSA) is 38.7 Å². The van der Waals surface area contributed by atoms with E-state index >= 15 is 0 Å². The molecule has 0 saturated carbocycles. The van der Waals surface area contributed by atoms with Crippen LogP contribution < -0.4 is 0 Å². The minimum atomic E-state index is -0.517. The van der Waals surface area contributed by atoms with E-state index in [0.29, 0.717) is 22.4 Å². The number of aliphatic imine (C=N–C) groups is 1. The van der Waals surface area contributed by atoms with Gasteiger partial charge in [-0.25, -0.2) is 4.39 Å². The summed E-state index contributed by atoms with van der Waals surface area (Å²) in [5.41, 5.74) is 2.58. The molecule has 1 aromatic rings. The fraction of sp³-hybridized carbons (Fsp3) is 0.200. The van der Waals surface area contributed by atoms with Crippen molar-refractivity contribution >= 4 is 38.8 Å². The maximum absolute atomic E-state index is 14.5. The van der Waals surface area contributed by atoms with Gasteiger partial charge < -0.3 is 4.74 Å². The standard InChI is InChI=1S/C15H11BrFNO2S/c1-7-3-9-11(18-7)5-10(15(20-2)13(9)17)14(19)8-4-12(16)21-6-8/h3-4,6H,5H2,1-2H3. The lowest BCUT2D eigenvalue weighted by Gasteiger charge is -2.18. The number of ketones is 1. The predicted molar refractivity (Wildman–Crippen MR) is 84.3 cm³/mol. The Bertz CT molecular complexity index is 770. The van der Waals surface area contributed by atoms with E-state index in [9.17, 15) is 9.18 Å². The third-order valence-electron chi connectivity index (χ3n) is 3.34. The van der Waals surface area contributed by atoms with Crippen molar-refractivity contribution < 1.29 is 13.9 Å². The molecule has 0 fully saturated rings. The summed E-state index contributed by atoms with van der Waals surface area (Å²) in [6.07, 6.45) is 1.96. The number of rotatable bonds is 3. The molecule has 0 aromatic carbocycles. The highest BCUT2D eigenvalue weighted by Crippen LogP contribution is 2.36. The first-order chi connectivity index (χ1) is 10.0. The molecule has 3 nitrogen and oxygen atoms in total. The molecule has 1 aromatic heterocycles. The molecule has 21 heavy (non-hydrogen) atoms. The van der Waals surface area contributed by atoms with Crippen molar-refractivity contribution in [2.45, 2.75) is 13.3 Å². The van der Waals surface area contributed by atoms with Gasteiger partial charge in [0.25, 0.3) is 0 Å². The number of hydrogen-bond acceptors (Lipinski definition) is 4. The smallest absolute Gasteiger partial charge is 0.194 e. The molecule has 1 aliphatic heterocycles. The predicted octanol–water partition coefficient (Wildman–Crippen LogP) is 4.58. The molecule has 0 saturated heterocycles. The normalized spacial score (nSPS) is 17.7. The van der Waals surface area contributed by atoms with E-state index in [1.54, 1.807) is 24.4 Å². The molecule has 0 unspecified atom stereocenters. The highest BCUT2D eigenvalue weighted by Gasteiger charge is 2.32. The molecule has 0 bridgehead atoms. The molecule has 1 aliphatic carbocycles. The molecular formula is C15H11BrFNO2S. The third-order valence-corrected chi connectivity index (χ3v) is 4.84. The number of fused-ring (bicyclic) bond motifs is 1. The fourth-order valence-electron chi connectivity index (χ4n) is 2.42. The van der Waals surface area contributed by atoms with Gasteiger partial charge in [-0.05, 0) is 35.0 Å². The molecule has 0 atom stereocenters. The minimum Gasteiger partial charge on any atom is -0.493 e. The van der Waals surface area contributed by atoms with E-state index in [1.165, 1.54) is 18.4 Å². The van der Waals surface area contributed by atoms with Crippen molar-refractivity contribution in [1.29, 1.82) is 0 Å². The molecule has 3 rings (SSSR count). The average Bonchev–Trinajstić information content (AvgIpc) is 3.03. The second-order valence-corrected chi connectivity index (χ2v) is 7.02. The zero-order chi connectivity index (χ0) is 15.1. The fourth-order valence-corrected chi connectivity index (χ4v) is 3.56. The number of thiophene rings is 1. The Labute approximate surface area is 133 Å². The van der Waals surface area contributed by atoms with Gasteiger partial charge in [0.1, 0.15) is 0 Å². The number of ether oxygens (including phenoxy) is 1. The van der Waals surface area contributed by atoms with E-state index < -0.39 is 5.83 Å². The lowest BCUT2D eigenvalue weighted by molar-refractivity contribution is 0.102. The summed E-state index contributed by atoms with van der Waals surface area (Å²) in [4.78, 5) is 16.9. The minimum absolute atomic E-state index is 0.0159. The van der Waals surface area contributed by atoms with E-state index in [-0.39, 0.29) is 18.0 Å². The Balaban J connectivity index is 2.08. The van der Waals surface area contributed by atoms with Crippen LogP contribution in [0.25, 0.3) is 0 Å². The quantitative estimate of drug-likeness (QED) is 0.733. The maximum atomic E-state index is 14.5. The van der Waals surface area contributed by atoms with E-state index in [4.69, 9.17) is 4.74 Å². The number of allylic oxidation sites excluding steroid dienone is 5. The van der Waals surface area contributed by atoms with Crippen molar-refractivity contribution in [2.75, 3.05) is 7.11 Å². The van der Waals surface area contributed by atoms with Crippen LogP contribution >= 0.6 is 27.3 Å². The number of carbonyl (C=O) groups is 1. The van der Waals surface area contributed by atoms with Crippen molar-refractivity contribution in [3.63, 3.8) is 0 Å². The van der Waals surface area contributed by atoms with Crippen LogP contribution in [0, 0.1) is 0 Å². The number of methoxy groups -OCH3 is 1. The van der Waals surface area contributed by atoms with Crippen LogP contribution in [0.2, 0.25) is 0 Å². The van der Waals surface area contributed by atoms with Gasteiger partial charge in [0.15, 0.2) is 17.4 Å². The summed E-state index contributed by atoms with van der Waals surface area (Å²) in [6, 6.07) is 1.73. The first kappa shape index (κ1) is 14.4. The zero-order valence-electron chi connectivity index (χ0n) is 11.4. The van der Waals surface area contributed by atoms with Crippen LogP contribution in [0.5, 0.6) is 0 Å². The average molecular weight is 368 g/mol. The van der Waals surface area contributed by atoms with Gasteiger partial charge in [0.05, 0.1) is 22.2 Å². The van der Waals surface area contributed by atoms with Gasteiger partial charge >= 0.3 is 0 Å². The Hall–Kier alpha value is -1.53. The molecule has 0 radical (unpaired) electrons. The van der Waals surface area contributed by atoms with Crippen LogP contribution in [0.3, 0.4) is 0 Å². The number of halogens is 2. The van der Waals surface area contributed by atoms with Crippen molar-refractivity contribution in [3.8, 4) is 0 Å². The maximum Gasteiger partial charge on any atom is 0.194 e. The number of carbonyl (C=O) groups excluding carboxylic acids is 1. The lowest BCUT2D eigenvalue weighted by Crippen LogP contribution is -2.18. The van der Waals surface area contributed by atoms with Crippen molar-refractivity contribution in [3.05, 3.63) is 55.3 Å². The van der Waals surface area contributed by atoms with Crippen molar-refractivity contribution in [1.82, 2.24) is 0 Å². The number of nitrogens with zero attached hydrogens (tertiary/aromatic N) is 1. The van der Waals surface area contributed by atoms with Gasteiger partial charge in [-0.2, -0.15) is 0 Å². The van der Waals surface area contributed by atoms with Crippen LogP contribution in [0.15, 0.2) is 54.7 Å². The molecule has 108 valence electrons. The molecule has 2 heterocycles. The van der Waals surface area contributed by atoms with Gasteiger partial charge in [-0.3, -0.25) is 9.79 Å². The SMILES string of the molecule is COC1=C(C(=O)c2csc(Br)c2)CC2=NC(C)=CC2=C1F. The molecule has 0 spiro atoms. The Morgan fingerprint density at radius 3 is 2.90 bits per heavy atom. The molecule has 2 aliphatic rings. The van der Waals surface area contributed by atoms with Crippen LogP contribution in [0.4, 0.5) is 4.39 Å². The van der Waals surface area contributed by atoms with E-state index in [1.807, 2.05) is 0 Å². The Morgan fingerprint density at radius 2 is 2.29 bits per heavy atom. The van der Waals surface area contributed by atoms with E-state index in [0.717, 1.165) is 9.48 Å². The summed E-state index contributed by atoms with van der Waals surface area (Å²) in [6.45, 7) is 1.80. The van der Waals surface area contributed by atoms with E-state index in [2.05, 4.69) is 20.9 Å². The first-order valence-electron chi connectivity index (χ1n) is 6.23. The van der Waals surface area contributed by atoms with Crippen molar-refractivity contribution in [2.24, 2.45) is 4.99 Å². The lowest BCUT2D eigenvalue weighted by atomic mass is 9.90. The van der Waals surface area contributed by atoms with Gasteiger partial charge in [-0.1, -0.05) is 0 Å². The molecule has 0 N–H and O–H groups in total. The summed E-state index contributed by atoms with van der Waals surface area (Å²) < 4.78 is 20.5. The van der Waals surface area contributed by atoms with Gasteiger partial charge in [-0.15, -0.1) is 11.3 Å². The van der Waals surface area contributed by atoms with Gasteiger partial charge in [0, 0.05) is 28.6 Å². The van der Waals surface area contributed by atoms with Crippen LogP contribution in [0.1, 0.15) is 23.7 Å². The molecule has 0 amide bonds. The monoisotopic (exact) mass is 367 g/mol. The second-order valence-electron chi connectivity index (χ2n) is 4.73. The molecular weight excluding hydrogens is 357 g/mol. The summed E-state index contributed by atoms with van der Waals surface area (Å²) in [5, 5.41) is 1.74. The Morgan fingerprint density at radius 1 is 1.52 bits per heavy atom. The summed E-state index contributed by atoms with van der Waals surface area (Å²) >= 11 is 4.74. The highest BCUT2D eigenvalue weighted by molar-refractivity contribution is 9.11. The summed E-state index contributed by atoms with van der Waals surface area (Å²) in [5.74, 6) is -0.727. The largest absolute Gasteiger partial charge is 0.493 e. The summed E-state index contributed by atoms with van der Waals surface area (Å²) in [7, 11) is 1.37. The third kappa shape index (κ3) is 2.42. The first-order valence-corrected chi connectivity index (χ1v) is 7.90. The van der Waals surface area contributed by atoms with Crippen LogP contribution in [-0.4, -0.2) is 18.6 Å².